The van der Waals surface area contributed by atoms with Crippen LogP contribution >= 0.6 is 0 Å². The summed E-state index contributed by atoms with van der Waals surface area (Å²) in [5.41, 5.74) is 4.58. The number of nitrogens with one attached hydrogen (secondary N) is 2. The van der Waals surface area contributed by atoms with Crippen LogP contribution in [0.4, 0.5) is 16.2 Å². The van der Waals surface area contributed by atoms with Gasteiger partial charge < -0.3 is 15.5 Å². The van der Waals surface area contributed by atoms with Crippen LogP contribution in [-0.2, 0) is 5.41 Å². The van der Waals surface area contributed by atoms with E-state index in [4.69, 9.17) is 0 Å². The van der Waals surface area contributed by atoms with Gasteiger partial charge in [0.25, 0.3) is 0 Å². The lowest BCUT2D eigenvalue weighted by Crippen LogP contribution is -2.35. The van der Waals surface area contributed by atoms with Crippen molar-refractivity contribution < 1.29 is 4.79 Å². The fraction of sp³-hybridized carbons (Fsp3) is 0.409. The molecule has 0 bridgehead atoms. The summed E-state index contributed by atoms with van der Waals surface area (Å²) < 4.78 is 0. The molecule has 0 saturated heterocycles. The first-order chi connectivity index (χ1) is 12.6. The normalized spacial score (nSPS) is 14.6. The third kappa shape index (κ3) is 4.01. The zero-order valence-electron chi connectivity index (χ0n) is 16.0. The summed E-state index contributed by atoms with van der Waals surface area (Å²) >= 11 is 0. The lowest BCUT2D eigenvalue weighted by molar-refractivity contribution is 0.251. The molecule has 26 heavy (non-hydrogen) atoms. The van der Waals surface area contributed by atoms with Crippen molar-refractivity contribution in [3.8, 4) is 0 Å². The van der Waals surface area contributed by atoms with Crippen molar-refractivity contribution in [1.29, 1.82) is 0 Å². The average Bonchev–Trinajstić information content (AvgIpc) is 3.45. The zero-order valence-corrected chi connectivity index (χ0v) is 16.0. The van der Waals surface area contributed by atoms with E-state index in [0.29, 0.717) is 6.54 Å². The number of rotatable bonds is 7. The van der Waals surface area contributed by atoms with Crippen molar-refractivity contribution in [2.75, 3.05) is 29.9 Å². The van der Waals surface area contributed by atoms with Crippen molar-refractivity contribution in [3.05, 3.63) is 59.7 Å². The Balaban J connectivity index is 1.59. The molecule has 138 valence electrons. The minimum absolute atomic E-state index is 0.125. The molecule has 0 spiro atoms. The van der Waals surface area contributed by atoms with Gasteiger partial charge in [-0.15, -0.1) is 0 Å². The van der Waals surface area contributed by atoms with Crippen LogP contribution in [0.25, 0.3) is 0 Å². The molecule has 1 aliphatic rings. The molecule has 0 aliphatic heterocycles. The summed E-state index contributed by atoms with van der Waals surface area (Å²) in [6.07, 6.45) is 2.27. The van der Waals surface area contributed by atoms with Gasteiger partial charge >= 0.3 is 6.03 Å². The molecule has 2 aromatic rings. The second-order valence-corrected chi connectivity index (χ2v) is 7.13. The summed E-state index contributed by atoms with van der Waals surface area (Å²) in [5, 5.41) is 6.05. The van der Waals surface area contributed by atoms with Gasteiger partial charge in [-0.05, 0) is 62.9 Å². The average molecular weight is 351 g/mol. The van der Waals surface area contributed by atoms with E-state index in [0.717, 1.165) is 37.2 Å². The molecule has 0 aromatic heterocycles. The third-order valence-corrected chi connectivity index (χ3v) is 5.41. The van der Waals surface area contributed by atoms with Gasteiger partial charge in [0.15, 0.2) is 0 Å². The van der Waals surface area contributed by atoms with Crippen molar-refractivity contribution >= 4 is 17.4 Å². The number of aryl methyl sites for hydroxylation is 1. The number of nitrogens with zero attached hydrogens (tertiary/aromatic N) is 1. The summed E-state index contributed by atoms with van der Waals surface area (Å²) in [6, 6.07) is 16.5. The predicted molar refractivity (Wildman–Crippen MR) is 109 cm³/mol. The van der Waals surface area contributed by atoms with Gasteiger partial charge in [0.2, 0.25) is 0 Å². The van der Waals surface area contributed by atoms with E-state index in [1.807, 2.05) is 19.1 Å². The highest BCUT2D eigenvalue weighted by atomic mass is 16.2. The van der Waals surface area contributed by atoms with Crippen LogP contribution in [0.15, 0.2) is 48.5 Å². The monoisotopic (exact) mass is 351 g/mol. The Kier molecular flexibility index (Phi) is 5.50. The molecule has 2 aromatic carbocycles. The standard InChI is InChI=1S/C22H29N3O/c1-4-25(5-2)19-11-12-20(17(3)15-19)24-21(26)23-16-22(13-14-22)18-9-7-6-8-10-18/h6-12,15H,4-5,13-14,16H2,1-3H3,(H2,23,24,26). The van der Waals surface area contributed by atoms with Crippen LogP contribution < -0.4 is 15.5 Å². The van der Waals surface area contributed by atoms with Gasteiger partial charge in [-0.2, -0.15) is 0 Å². The van der Waals surface area contributed by atoms with Crippen LogP contribution in [0, 0.1) is 6.92 Å². The number of hydrogen-bond acceptors (Lipinski definition) is 2. The number of urea groups is 1. The Morgan fingerprint density at radius 2 is 1.77 bits per heavy atom. The Labute approximate surface area is 156 Å². The largest absolute Gasteiger partial charge is 0.372 e. The van der Waals surface area contributed by atoms with Crippen molar-refractivity contribution in [3.63, 3.8) is 0 Å². The minimum atomic E-state index is -0.133. The topological polar surface area (TPSA) is 44.4 Å². The van der Waals surface area contributed by atoms with E-state index < -0.39 is 0 Å². The molecule has 0 heterocycles. The minimum Gasteiger partial charge on any atom is -0.372 e. The van der Waals surface area contributed by atoms with E-state index in [2.05, 4.69) is 65.8 Å². The summed E-state index contributed by atoms with van der Waals surface area (Å²) in [7, 11) is 0. The molecule has 0 unspecified atom stereocenters. The molecular weight excluding hydrogens is 322 g/mol. The maximum atomic E-state index is 12.4. The molecule has 2 N–H and O–H groups in total. The molecule has 1 fully saturated rings. The van der Waals surface area contributed by atoms with E-state index in [1.165, 1.54) is 11.3 Å². The summed E-state index contributed by atoms with van der Waals surface area (Å²) in [6.45, 7) is 8.97. The molecule has 4 nitrogen and oxygen atoms in total. The van der Waals surface area contributed by atoms with E-state index in [1.54, 1.807) is 0 Å². The molecular formula is C22H29N3O. The van der Waals surface area contributed by atoms with Crippen LogP contribution in [0.2, 0.25) is 0 Å². The quantitative estimate of drug-likeness (QED) is 0.760. The third-order valence-electron chi connectivity index (χ3n) is 5.41. The number of carbonyl (C=O) groups excluding carboxylic acids is 1. The lowest BCUT2D eigenvalue weighted by atomic mass is 9.96. The van der Waals surface area contributed by atoms with Crippen LogP contribution in [0.3, 0.4) is 0 Å². The van der Waals surface area contributed by atoms with Crippen molar-refractivity contribution in [2.45, 2.75) is 39.0 Å². The highest BCUT2D eigenvalue weighted by molar-refractivity contribution is 5.90. The number of hydrogen-bond donors (Lipinski definition) is 2. The van der Waals surface area contributed by atoms with Crippen LogP contribution in [0.1, 0.15) is 37.8 Å². The Morgan fingerprint density at radius 1 is 1.08 bits per heavy atom. The molecule has 0 radical (unpaired) electrons. The van der Waals surface area contributed by atoms with Gasteiger partial charge in [-0.1, -0.05) is 30.3 Å². The molecule has 1 saturated carbocycles. The predicted octanol–water partition coefficient (Wildman–Crippen LogP) is 4.69. The smallest absolute Gasteiger partial charge is 0.319 e. The Morgan fingerprint density at radius 3 is 2.35 bits per heavy atom. The second kappa shape index (κ2) is 7.81. The lowest BCUT2D eigenvalue weighted by Gasteiger charge is -2.22. The number of anilines is 2. The maximum absolute atomic E-state index is 12.4. The van der Waals surface area contributed by atoms with Crippen LogP contribution in [0.5, 0.6) is 0 Å². The number of carbonyl (C=O) groups is 1. The highest BCUT2D eigenvalue weighted by Gasteiger charge is 2.44. The van der Waals surface area contributed by atoms with Gasteiger partial charge in [0.05, 0.1) is 0 Å². The fourth-order valence-electron chi connectivity index (χ4n) is 3.50. The van der Waals surface area contributed by atoms with E-state index >= 15 is 0 Å². The Hall–Kier alpha value is -2.49. The SMILES string of the molecule is CCN(CC)c1ccc(NC(=O)NCC2(c3ccccc3)CC2)c(C)c1. The first-order valence-corrected chi connectivity index (χ1v) is 9.54. The van der Waals surface area contributed by atoms with E-state index in [-0.39, 0.29) is 11.4 Å². The summed E-state index contributed by atoms with van der Waals surface area (Å²) in [5.74, 6) is 0. The maximum Gasteiger partial charge on any atom is 0.319 e. The van der Waals surface area contributed by atoms with E-state index in [9.17, 15) is 4.79 Å². The zero-order chi connectivity index (χ0) is 18.6. The Bertz CT molecular complexity index is 749. The number of benzene rings is 2. The summed E-state index contributed by atoms with van der Waals surface area (Å²) in [4.78, 5) is 14.7. The molecule has 1 aliphatic carbocycles. The van der Waals surface area contributed by atoms with Gasteiger partial charge in [-0.3, -0.25) is 0 Å². The second-order valence-electron chi connectivity index (χ2n) is 7.13. The molecule has 0 atom stereocenters. The van der Waals surface area contributed by atoms with Crippen molar-refractivity contribution in [1.82, 2.24) is 5.32 Å². The first kappa shape index (κ1) is 18.3. The van der Waals surface area contributed by atoms with Gasteiger partial charge in [-0.25, -0.2) is 4.79 Å². The molecule has 2 amide bonds. The van der Waals surface area contributed by atoms with Gasteiger partial charge in [0, 0.05) is 36.4 Å². The molecule has 4 heteroatoms. The highest BCUT2D eigenvalue weighted by Crippen LogP contribution is 2.47. The number of amides is 2. The fourth-order valence-corrected chi connectivity index (χ4v) is 3.50. The molecule has 3 rings (SSSR count). The first-order valence-electron chi connectivity index (χ1n) is 9.54. The van der Waals surface area contributed by atoms with Crippen molar-refractivity contribution in [2.24, 2.45) is 0 Å². The van der Waals surface area contributed by atoms with Gasteiger partial charge in [0.1, 0.15) is 0 Å². The van der Waals surface area contributed by atoms with Crippen LogP contribution in [-0.4, -0.2) is 25.7 Å².